The molecule has 2 amide bonds. The number of anilines is 1. The van der Waals surface area contributed by atoms with Crippen LogP contribution in [0.5, 0.6) is 5.75 Å². The molecular weight excluding hydrogens is 296 g/mol. The average molecular weight is 320 g/mol. The Balaban J connectivity index is 2.15. The molecule has 0 fully saturated rings. The number of hydrogen-bond donors (Lipinski definition) is 2. The van der Waals surface area contributed by atoms with Crippen LogP contribution in [0.2, 0.25) is 0 Å². The predicted molar refractivity (Wildman–Crippen MR) is 87.5 cm³/mol. The zero-order valence-corrected chi connectivity index (χ0v) is 14.0. The summed E-state index contributed by atoms with van der Waals surface area (Å²) in [7, 11) is 0. The summed E-state index contributed by atoms with van der Waals surface area (Å²) in [6, 6.07) is 5.66. The molecule has 2 rings (SSSR count). The van der Waals surface area contributed by atoms with Crippen molar-refractivity contribution in [1.29, 1.82) is 0 Å². The smallest absolute Gasteiger partial charge is 0.270 e. The number of nitrogens with zero attached hydrogens (tertiary/aromatic N) is 1. The highest BCUT2D eigenvalue weighted by molar-refractivity contribution is 6.02. The Hall–Kier alpha value is -2.08. The van der Waals surface area contributed by atoms with E-state index in [9.17, 15) is 14.7 Å². The summed E-state index contributed by atoms with van der Waals surface area (Å²) in [5, 5.41) is 11.8. The molecular formula is C17H24N2O4. The number of rotatable bonds is 5. The molecule has 0 aromatic heterocycles. The summed E-state index contributed by atoms with van der Waals surface area (Å²) in [5.74, 6) is 0.278. The zero-order valence-electron chi connectivity index (χ0n) is 14.0. The van der Waals surface area contributed by atoms with Crippen molar-refractivity contribution in [2.24, 2.45) is 0 Å². The Morgan fingerprint density at radius 3 is 2.78 bits per heavy atom. The van der Waals surface area contributed by atoms with Crippen LogP contribution in [-0.2, 0) is 9.59 Å². The molecule has 0 spiro atoms. The van der Waals surface area contributed by atoms with E-state index in [2.05, 4.69) is 5.32 Å². The van der Waals surface area contributed by atoms with Crippen molar-refractivity contribution in [3.8, 4) is 5.75 Å². The number of ether oxygens (including phenoxy) is 1. The molecule has 6 heteroatoms. The molecule has 23 heavy (non-hydrogen) atoms. The Kier molecular flexibility index (Phi) is 4.94. The quantitative estimate of drug-likeness (QED) is 0.859. The fraction of sp³-hybridized carbons (Fsp3) is 0.529. The van der Waals surface area contributed by atoms with E-state index in [-0.39, 0.29) is 31.3 Å². The first-order valence-electron chi connectivity index (χ1n) is 7.77. The van der Waals surface area contributed by atoms with Crippen LogP contribution in [0.3, 0.4) is 0 Å². The third kappa shape index (κ3) is 4.01. The SMILES string of the molecule is Cc1ccc2c(c1)N(CCC(=O)NCC(C)O)C(=O)C(C)(C)O2. The highest BCUT2D eigenvalue weighted by Crippen LogP contribution is 2.38. The lowest BCUT2D eigenvalue weighted by molar-refractivity contribution is -0.132. The number of fused-ring (bicyclic) bond motifs is 1. The number of benzene rings is 1. The fourth-order valence-electron chi connectivity index (χ4n) is 2.46. The van der Waals surface area contributed by atoms with Crippen LogP contribution in [0.1, 0.15) is 32.8 Å². The first kappa shape index (κ1) is 17.3. The number of carbonyl (C=O) groups excluding carboxylic acids is 2. The summed E-state index contributed by atoms with van der Waals surface area (Å²) in [5.41, 5.74) is 0.749. The Morgan fingerprint density at radius 1 is 1.43 bits per heavy atom. The topological polar surface area (TPSA) is 78.9 Å². The normalized spacial score (nSPS) is 17.3. The summed E-state index contributed by atoms with van der Waals surface area (Å²) < 4.78 is 5.78. The van der Waals surface area contributed by atoms with Crippen LogP contribution in [-0.4, -0.2) is 41.7 Å². The number of aliphatic hydroxyl groups is 1. The van der Waals surface area contributed by atoms with Gasteiger partial charge in [0.2, 0.25) is 5.91 Å². The molecule has 1 atom stereocenters. The largest absolute Gasteiger partial charge is 0.476 e. The molecule has 1 aromatic carbocycles. The maximum absolute atomic E-state index is 12.6. The number of aliphatic hydroxyl groups excluding tert-OH is 1. The molecule has 0 radical (unpaired) electrons. The van der Waals surface area contributed by atoms with E-state index in [1.165, 1.54) is 0 Å². The van der Waals surface area contributed by atoms with Crippen LogP contribution in [0.25, 0.3) is 0 Å². The second-order valence-electron chi connectivity index (χ2n) is 6.44. The van der Waals surface area contributed by atoms with Gasteiger partial charge in [-0.25, -0.2) is 0 Å². The second kappa shape index (κ2) is 6.58. The van der Waals surface area contributed by atoms with Gasteiger partial charge in [0.05, 0.1) is 11.8 Å². The van der Waals surface area contributed by atoms with E-state index in [1.807, 2.05) is 25.1 Å². The van der Waals surface area contributed by atoms with E-state index < -0.39 is 11.7 Å². The lowest BCUT2D eigenvalue weighted by atomic mass is 10.0. The van der Waals surface area contributed by atoms with Crippen molar-refractivity contribution in [2.75, 3.05) is 18.0 Å². The monoisotopic (exact) mass is 320 g/mol. The summed E-state index contributed by atoms with van der Waals surface area (Å²) in [6.07, 6.45) is -0.423. The van der Waals surface area contributed by atoms with E-state index in [4.69, 9.17) is 4.74 Å². The molecule has 1 aliphatic heterocycles. The van der Waals surface area contributed by atoms with Gasteiger partial charge in [-0.1, -0.05) is 6.07 Å². The van der Waals surface area contributed by atoms with Crippen molar-refractivity contribution < 1.29 is 19.4 Å². The van der Waals surface area contributed by atoms with Crippen molar-refractivity contribution in [2.45, 2.75) is 45.8 Å². The van der Waals surface area contributed by atoms with Crippen LogP contribution < -0.4 is 15.0 Å². The minimum atomic E-state index is -0.960. The second-order valence-corrected chi connectivity index (χ2v) is 6.44. The lowest BCUT2D eigenvalue weighted by Gasteiger charge is -2.38. The van der Waals surface area contributed by atoms with Gasteiger partial charge in [0.1, 0.15) is 5.75 Å². The predicted octanol–water partition coefficient (Wildman–Crippen LogP) is 1.39. The minimum absolute atomic E-state index is 0.168. The summed E-state index contributed by atoms with van der Waals surface area (Å²) in [6.45, 7) is 7.47. The third-order valence-electron chi connectivity index (χ3n) is 3.69. The standard InChI is InChI=1S/C17H24N2O4/c1-11-5-6-14-13(9-11)19(16(22)17(3,4)23-14)8-7-15(21)18-10-12(2)20/h5-6,9,12,20H,7-8,10H2,1-4H3,(H,18,21). The number of amides is 2. The van der Waals surface area contributed by atoms with Crippen molar-refractivity contribution in [1.82, 2.24) is 5.32 Å². The molecule has 0 bridgehead atoms. The maximum atomic E-state index is 12.6. The number of aryl methyl sites for hydroxylation is 1. The highest BCUT2D eigenvalue weighted by Gasteiger charge is 2.40. The molecule has 0 aliphatic carbocycles. The molecule has 0 saturated heterocycles. The van der Waals surface area contributed by atoms with Gasteiger partial charge in [-0.2, -0.15) is 0 Å². The molecule has 2 N–H and O–H groups in total. The van der Waals surface area contributed by atoms with Gasteiger partial charge in [0.25, 0.3) is 5.91 Å². The van der Waals surface area contributed by atoms with Gasteiger partial charge in [0, 0.05) is 19.5 Å². The number of nitrogens with one attached hydrogen (secondary N) is 1. The molecule has 126 valence electrons. The third-order valence-corrected chi connectivity index (χ3v) is 3.69. The Labute approximate surface area is 136 Å². The van der Waals surface area contributed by atoms with Crippen LogP contribution in [0.15, 0.2) is 18.2 Å². The van der Waals surface area contributed by atoms with Crippen LogP contribution in [0.4, 0.5) is 5.69 Å². The Bertz CT molecular complexity index is 611. The summed E-state index contributed by atoms with van der Waals surface area (Å²) in [4.78, 5) is 26.1. The van der Waals surface area contributed by atoms with E-state index in [0.29, 0.717) is 11.4 Å². The lowest BCUT2D eigenvalue weighted by Crippen LogP contribution is -2.53. The van der Waals surface area contributed by atoms with Crippen LogP contribution in [0, 0.1) is 6.92 Å². The maximum Gasteiger partial charge on any atom is 0.270 e. The molecule has 6 nitrogen and oxygen atoms in total. The fourth-order valence-corrected chi connectivity index (χ4v) is 2.46. The van der Waals surface area contributed by atoms with E-state index in [0.717, 1.165) is 5.56 Å². The van der Waals surface area contributed by atoms with Crippen molar-refractivity contribution in [3.63, 3.8) is 0 Å². The molecule has 1 heterocycles. The van der Waals surface area contributed by atoms with E-state index >= 15 is 0 Å². The van der Waals surface area contributed by atoms with Gasteiger partial charge in [-0.15, -0.1) is 0 Å². The highest BCUT2D eigenvalue weighted by atomic mass is 16.5. The average Bonchev–Trinajstić information content (AvgIpc) is 2.46. The first-order valence-corrected chi connectivity index (χ1v) is 7.77. The molecule has 1 aliphatic rings. The molecule has 1 unspecified atom stereocenters. The first-order chi connectivity index (χ1) is 10.7. The van der Waals surface area contributed by atoms with Gasteiger partial charge in [-0.05, 0) is 45.4 Å². The van der Waals surface area contributed by atoms with Crippen molar-refractivity contribution in [3.05, 3.63) is 23.8 Å². The van der Waals surface area contributed by atoms with Crippen LogP contribution >= 0.6 is 0 Å². The minimum Gasteiger partial charge on any atom is -0.476 e. The molecule has 1 aromatic rings. The Morgan fingerprint density at radius 2 is 2.13 bits per heavy atom. The van der Waals surface area contributed by atoms with Crippen molar-refractivity contribution >= 4 is 17.5 Å². The molecule has 0 saturated carbocycles. The zero-order chi connectivity index (χ0) is 17.2. The number of carbonyl (C=O) groups is 2. The van der Waals surface area contributed by atoms with E-state index in [1.54, 1.807) is 25.7 Å². The van der Waals surface area contributed by atoms with Gasteiger partial charge < -0.3 is 20.1 Å². The number of hydrogen-bond acceptors (Lipinski definition) is 4. The summed E-state index contributed by atoms with van der Waals surface area (Å²) >= 11 is 0. The van der Waals surface area contributed by atoms with Gasteiger partial charge in [-0.3, -0.25) is 9.59 Å². The van der Waals surface area contributed by atoms with Gasteiger partial charge in [0.15, 0.2) is 5.60 Å². The van der Waals surface area contributed by atoms with Gasteiger partial charge >= 0.3 is 0 Å².